The van der Waals surface area contributed by atoms with Crippen LogP contribution in [-0.4, -0.2) is 0 Å². The molecule has 6 aliphatic rings. The quantitative estimate of drug-likeness (QED) is 0.154. The highest BCUT2D eigenvalue weighted by Gasteiger charge is 2.52. The molecule has 9 aromatic rings. The van der Waals surface area contributed by atoms with Crippen molar-refractivity contribution in [2.45, 2.75) is 57.3 Å². The lowest BCUT2D eigenvalue weighted by atomic mass is 9.51. The Hall–Kier alpha value is -7.22. The minimum Gasteiger partial charge on any atom is -0.310 e. The van der Waals surface area contributed by atoms with E-state index in [9.17, 15) is 0 Å². The predicted octanol–water partition coefficient (Wildman–Crippen LogP) is 17.7. The highest BCUT2D eigenvalue weighted by atomic mass is 15.1. The van der Waals surface area contributed by atoms with Crippen molar-refractivity contribution in [3.05, 3.63) is 245 Å². The molecular formula is C67H55N. The first-order chi connectivity index (χ1) is 33.5. The van der Waals surface area contributed by atoms with Crippen LogP contribution in [0.15, 0.2) is 206 Å². The number of rotatable bonds is 7. The molecule has 0 heterocycles. The first-order valence-electron chi connectivity index (χ1n) is 25.2. The van der Waals surface area contributed by atoms with Crippen molar-refractivity contribution in [2.24, 2.45) is 23.7 Å². The molecule has 0 N–H and O–H groups in total. The van der Waals surface area contributed by atoms with E-state index in [0.29, 0.717) is 5.92 Å². The zero-order valence-corrected chi connectivity index (χ0v) is 39.0. The van der Waals surface area contributed by atoms with Crippen LogP contribution in [0.1, 0.15) is 77.0 Å². The maximum absolute atomic E-state index is 2.55. The summed E-state index contributed by atoms with van der Waals surface area (Å²) in [6.07, 6.45) is 7.22. The number of fused-ring (bicyclic) bond motifs is 10. The van der Waals surface area contributed by atoms with E-state index in [0.717, 1.165) is 29.4 Å². The fourth-order valence-corrected chi connectivity index (χ4v) is 14.6. The topological polar surface area (TPSA) is 3.24 Å². The number of nitrogens with zero attached hydrogens (tertiary/aromatic N) is 1. The summed E-state index contributed by atoms with van der Waals surface area (Å²) < 4.78 is 0. The van der Waals surface area contributed by atoms with Crippen molar-refractivity contribution in [1.82, 2.24) is 0 Å². The molecule has 0 radical (unpaired) electrons. The zero-order valence-electron chi connectivity index (χ0n) is 39.0. The molecule has 0 unspecified atom stereocenters. The molecule has 0 aromatic heterocycles. The predicted molar refractivity (Wildman–Crippen MR) is 283 cm³/mol. The molecule has 68 heavy (non-hydrogen) atoms. The second kappa shape index (κ2) is 15.4. The molecule has 6 aliphatic carbocycles. The van der Waals surface area contributed by atoms with Crippen molar-refractivity contribution < 1.29 is 0 Å². The first kappa shape index (κ1) is 39.9. The molecule has 0 aliphatic heterocycles. The van der Waals surface area contributed by atoms with Gasteiger partial charge in [0.15, 0.2) is 0 Å². The van der Waals surface area contributed by atoms with E-state index >= 15 is 0 Å². The molecule has 1 spiro atoms. The first-order valence-corrected chi connectivity index (χ1v) is 25.2. The van der Waals surface area contributed by atoms with E-state index in [1.165, 1.54) is 132 Å². The Morgan fingerprint density at radius 2 is 0.765 bits per heavy atom. The van der Waals surface area contributed by atoms with Crippen LogP contribution in [0.2, 0.25) is 0 Å². The van der Waals surface area contributed by atoms with Gasteiger partial charge in [-0.2, -0.15) is 0 Å². The molecule has 0 amide bonds. The van der Waals surface area contributed by atoms with Gasteiger partial charge in [-0.25, -0.2) is 0 Å². The van der Waals surface area contributed by atoms with Gasteiger partial charge in [0.2, 0.25) is 0 Å². The molecule has 4 fully saturated rings. The summed E-state index contributed by atoms with van der Waals surface area (Å²) in [5.41, 5.74) is 25.5. The van der Waals surface area contributed by atoms with Crippen molar-refractivity contribution >= 4 is 17.1 Å². The summed E-state index contributed by atoms with van der Waals surface area (Å²) in [6, 6.07) is 78.6. The number of anilines is 3. The Balaban J connectivity index is 0.925. The van der Waals surface area contributed by atoms with E-state index in [4.69, 9.17) is 0 Å². The minimum absolute atomic E-state index is 0.427. The van der Waals surface area contributed by atoms with Gasteiger partial charge in [0.1, 0.15) is 0 Å². The van der Waals surface area contributed by atoms with Crippen molar-refractivity contribution in [3.8, 4) is 55.6 Å². The number of hydrogen-bond acceptors (Lipinski definition) is 1. The molecule has 1 nitrogen and oxygen atoms in total. The maximum atomic E-state index is 2.55. The summed E-state index contributed by atoms with van der Waals surface area (Å²) >= 11 is 0. The van der Waals surface area contributed by atoms with Crippen LogP contribution in [0.25, 0.3) is 55.6 Å². The Labute approximate surface area is 401 Å². The van der Waals surface area contributed by atoms with Gasteiger partial charge in [0, 0.05) is 17.1 Å². The third-order valence-electron chi connectivity index (χ3n) is 17.2. The van der Waals surface area contributed by atoms with Crippen LogP contribution >= 0.6 is 0 Å². The van der Waals surface area contributed by atoms with E-state index in [-0.39, 0.29) is 0 Å². The van der Waals surface area contributed by atoms with Crippen LogP contribution in [0.5, 0.6) is 0 Å². The normalized spacial score (nSPS) is 20.8. The Morgan fingerprint density at radius 1 is 0.338 bits per heavy atom. The summed E-state index contributed by atoms with van der Waals surface area (Å²) in [7, 11) is 0. The SMILES string of the molecule is Cc1ccc2c(c1)C1(c3ccccc3-c3ccc(N(c4ccc(-c5ccccc5-c5ccccc5-c5ccccc5)cc4)c4ccc(C5C6CC7CC(C6)CC5C7)cc4)cc31)c1cc(C)ccc1-2. The van der Waals surface area contributed by atoms with Crippen LogP contribution < -0.4 is 4.90 Å². The average molecular weight is 874 g/mol. The van der Waals surface area contributed by atoms with Crippen molar-refractivity contribution in [3.63, 3.8) is 0 Å². The van der Waals surface area contributed by atoms with E-state index in [2.05, 4.69) is 225 Å². The molecule has 0 saturated heterocycles. The lowest BCUT2D eigenvalue weighted by Gasteiger charge is -2.54. The Kier molecular flexibility index (Phi) is 9.04. The molecule has 328 valence electrons. The van der Waals surface area contributed by atoms with Crippen LogP contribution in [0.4, 0.5) is 17.1 Å². The molecule has 15 rings (SSSR count). The van der Waals surface area contributed by atoms with Gasteiger partial charge in [-0.3, -0.25) is 0 Å². The van der Waals surface area contributed by atoms with Crippen LogP contribution in [0, 0.1) is 37.5 Å². The Bertz CT molecular complexity index is 3350. The van der Waals surface area contributed by atoms with Crippen molar-refractivity contribution in [2.75, 3.05) is 4.90 Å². The lowest BCUT2D eigenvalue weighted by Crippen LogP contribution is -2.43. The molecule has 1 heteroatoms. The number of aryl methyl sites for hydroxylation is 2. The molecule has 4 saturated carbocycles. The van der Waals surface area contributed by atoms with Gasteiger partial charge in [-0.1, -0.05) is 181 Å². The summed E-state index contributed by atoms with van der Waals surface area (Å²) in [6.45, 7) is 4.50. The van der Waals surface area contributed by atoms with E-state index in [1.807, 2.05) is 0 Å². The van der Waals surface area contributed by atoms with E-state index in [1.54, 1.807) is 5.56 Å². The fourth-order valence-electron chi connectivity index (χ4n) is 14.6. The monoisotopic (exact) mass is 873 g/mol. The third-order valence-corrected chi connectivity index (χ3v) is 17.2. The highest BCUT2D eigenvalue weighted by molar-refractivity contribution is 5.97. The summed E-state index contributed by atoms with van der Waals surface area (Å²) in [5, 5.41) is 0. The van der Waals surface area contributed by atoms with Gasteiger partial charge < -0.3 is 4.90 Å². The molecule has 9 aromatic carbocycles. The van der Waals surface area contributed by atoms with Gasteiger partial charge in [0.25, 0.3) is 0 Å². The van der Waals surface area contributed by atoms with Gasteiger partial charge in [0.05, 0.1) is 5.41 Å². The standard InChI is InChI=1S/C67H55N/c1-42-20-31-59-60-32-21-43(2)35-64(60)67(63(59)34-42)62-19-11-10-18-58(62)61-33-30-53(41-65(61)67)68(52-28-24-48(25-29-52)66-49-37-44-36-45(39-49)40-50(66)38-44)51-26-22-47(23-27-51)55-15-7-9-17-57(55)56-16-8-6-14-54(56)46-12-4-3-5-13-46/h3-35,41,44-45,49-50,66H,36-40H2,1-2H3. The van der Waals surface area contributed by atoms with Crippen LogP contribution in [-0.2, 0) is 5.41 Å². The second-order valence-electron chi connectivity index (χ2n) is 21.0. The van der Waals surface area contributed by atoms with Gasteiger partial charge in [-0.05, 0) is 195 Å². The van der Waals surface area contributed by atoms with Crippen molar-refractivity contribution in [1.29, 1.82) is 0 Å². The number of hydrogen-bond donors (Lipinski definition) is 0. The smallest absolute Gasteiger partial charge is 0.0726 e. The Morgan fingerprint density at radius 3 is 1.34 bits per heavy atom. The average Bonchev–Trinajstić information content (AvgIpc) is 3.83. The summed E-state index contributed by atoms with van der Waals surface area (Å²) in [5.74, 6) is 4.34. The van der Waals surface area contributed by atoms with Gasteiger partial charge in [-0.15, -0.1) is 0 Å². The lowest BCUT2D eigenvalue weighted by molar-refractivity contribution is -0.00277. The third kappa shape index (κ3) is 6.00. The number of benzene rings is 9. The van der Waals surface area contributed by atoms with Crippen LogP contribution in [0.3, 0.4) is 0 Å². The minimum atomic E-state index is -0.427. The summed E-state index contributed by atoms with van der Waals surface area (Å²) in [4.78, 5) is 2.53. The second-order valence-corrected chi connectivity index (χ2v) is 21.0. The zero-order chi connectivity index (χ0) is 45.1. The van der Waals surface area contributed by atoms with E-state index < -0.39 is 5.41 Å². The molecule has 4 bridgehead atoms. The highest BCUT2D eigenvalue weighted by Crippen LogP contribution is 2.64. The maximum Gasteiger partial charge on any atom is 0.0726 e. The van der Waals surface area contributed by atoms with Gasteiger partial charge >= 0.3 is 0 Å². The largest absolute Gasteiger partial charge is 0.310 e. The fraction of sp³-hybridized carbons (Fsp3) is 0.194. The molecular weight excluding hydrogens is 819 g/mol. The molecule has 0 atom stereocenters.